The van der Waals surface area contributed by atoms with E-state index in [4.69, 9.17) is 39.5 Å². The minimum atomic E-state index is -0.534. The molecule has 1 amide bonds. The SMILES string of the molecule is CNC(=O)COc1cc(Cl)c(Cc2ccc(O)c(-c3ccc(F)c(Cl)c3)c2)c(Cl)c1. The molecule has 0 aliphatic carbocycles. The van der Waals surface area contributed by atoms with Gasteiger partial charge in [-0.05, 0) is 53.1 Å². The molecule has 0 spiro atoms. The first-order chi connectivity index (χ1) is 14.3. The van der Waals surface area contributed by atoms with Crippen LogP contribution in [0.3, 0.4) is 0 Å². The Morgan fingerprint density at radius 1 is 1.03 bits per heavy atom. The van der Waals surface area contributed by atoms with Gasteiger partial charge in [0.25, 0.3) is 5.91 Å². The molecule has 2 N–H and O–H groups in total. The van der Waals surface area contributed by atoms with Crippen LogP contribution in [0, 0.1) is 5.82 Å². The Bertz CT molecular complexity index is 1080. The third-order valence-corrected chi connectivity index (χ3v) is 5.40. The summed E-state index contributed by atoms with van der Waals surface area (Å²) in [4.78, 5) is 11.3. The van der Waals surface area contributed by atoms with Gasteiger partial charge in [-0.3, -0.25) is 4.79 Å². The molecule has 0 fully saturated rings. The van der Waals surface area contributed by atoms with Gasteiger partial charge in [-0.15, -0.1) is 0 Å². The van der Waals surface area contributed by atoms with Crippen molar-refractivity contribution in [2.24, 2.45) is 0 Å². The van der Waals surface area contributed by atoms with Crippen molar-refractivity contribution >= 4 is 40.7 Å². The number of carbonyl (C=O) groups is 1. The molecule has 3 aromatic rings. The molecule has 0 aromatic heterocycles. The molecule has 3 rings (SSSR count). The van der Waals surface area contributed by atoms with Gasteiger partial charge in [-0.1, -0.05) is 46.9 Å². The maximum absolute atomic E-state index is 13.5. The number of ether oxygens (including phenoxy) is 1. The van der Waals surface area contributed by atoms with Crippen molar-refractivity contribution in [1.29, 1.82) is 0 Å². The van der Waals surface area contributed by atoms with Crippen LogP contribution < -0.4 is 10.1 Å². The number of phenolic OH excluding ortho intramolecular Hbond substituents is 1. The second-order valence-electron chi connectivity index (χ2n) is 6.48. The van der Waals surface area contributed by atoms with Crippen molar-refractivity contribution in [2.45, 2.75) is 6.42 Å². The van der Waals surface area contributed by atoms with Crippen LogP contribution in [-0.2, 0) is 11.2 Å². The maximum Gasteiger partial charge on any atom is 0.257 e. The first-order valence-electron chi connectivity index (χ1n) is 8.87. The molecular weight excluding hydrogens is 452 g/mol. The predicted molar refractivity (Wildman–Crippen MR) is 117 cm³/mol. The molecule has 0 saturated carbocycles. The predicted octanol–water partition coefficient (Wildman–Crippen LogP) is 5.87. The standard InChI is InChI=1S/C22H17Cl3FNO3/c1-27-22(29)11-30-14-9-17(23)16(18(24)10-14)7-12-2-5-21(28)15(6-12)13-3-4-20(26)19(25)8-13/h2-6,8-10,28H,7,11H2,1H3,(H,27,29). The maximum atomic E-state index is 13.5. The number of nitrogens with one attached hydrogen (secondary N) is 1. The smallest absolute Gasteiger partial charge is 0.257 e. The van der Waals surface area contributed by atoms with Crippen LogP contribution in [0.2, 0.25) is 15.1 Å². The van der Waals surface area contributed by atoms with Crippen molar-refractivity contribution in [2.75, 3.05) is 13.7 Å². The summed E-state index contributed by atoms with van der Waals surface area (Å²) >= 11 is 18.6. The van der Waals surface area contributed by atoms with Crippen LogP contribution in [-0.4, -0.2) is 24.7 Å². The van der Waals surface area contributed by atoms with Crippen LogP contribution in [0.5, 0.6) is 11.5 Å². The summed E-state index contributed by atoms with van der Waals surface area (Å²) in [5.41, 5.74) is 2.58. The monoisotopic (exact) mass is 467 g/mol. The van der Waals surface area contributed by atoms with E-state index in [1.807, 2.05) is 0 Å². The normalized spacial score (nSPS) is 10.7. The molecule has 0 radical (unpaired) electrons. The lowest BCUT2D eigenvalue weighted by atomic mass is 9.98. The van der Waals surface area contributed by atoms with Crippen LogP contribution in [0.4, 0.5) is 4.39 Å². The Labute approximate surface area is 188 Å². The van der Waals surface area contributed by atoms with E-state index in [0.717, 1.165) is 5.56 Å². The fraction of sp³-hybridized carbons (Fsp3) is 0.136. The molecular formula is C22H17Cl3FNO3. The fourth-order valence-electron chi connectivity index (χ4n) is 2.85. The molecule has 4 nitrogen and oxygen atoms in total. The molecule has 0 aliphatic rings. The molecule has 156 valence electrons. The van der Waals surface area contributed by atoms with E-state index in [1.54, 1.807) is 36.4 Å². The zero-order chi connectivity index (χ0) is 21.8. The van der Waals surface area contributed by atoms with Crippen molar-refractivity contribution < 1.29 is 19.0 Å². The van der Waals surface area contributed by atoms with Gasteiger partial charge in [0.2, 0.25) is 0 Å². The Morgan fingerprint density at radius 3 is 2.37 bits per heavy atom. The van der Waals surface area contributed by atoms with E-state index >= 15 is 0 Å². The summed E-state index contributed by atoms with van der Waals surface area (Å²) in [6.45, 7) is -0.149. The quantitative estimate of drug-likeness (QED) is 0.475. The van der Waals surface area contributed by atoms with Gasteiger partial charge in [-0.2, -0.15) is 0 Å². The minimum Gasteiger partial charge on any atom is -0.507 e. The Morgan fingerprint density at radius 2 is 1.73 bits per heavy atom. The number of hydrogen-bond acceptors (Lipinski definition) is 3. The Balaban J connectivity index is 1.87. The van der Waals surface area contributed by atoms with E-state index in [2.05, 4.69) is 5.32 Å². The molecule has 8 heteroatoms. The highest BCUT2D eigenvalue weighted by molar-refractivity contribution is 6.36. The van der Waals surface area contributed by atoms with Gasteiger partial charge < -0.3 is 15.2 Å². The summed E-state index contributed by atoms with van der Waals surface area (Å²) in [5, 5.41) is 13.4. The molecule has 0 heterocycles. The van der Waals surface area contributed by atoms with Gasteiger partial charge in [0, 0.05) is 29.1 Å². The highest BCUT2D eigenvalue weighted by Crippen LogP contribution is 2.36. The zero-order valence-corrected chi connectivity index (χ0v) is 18.1. The lowest BCUT2D eigenvalue weighted by molar-refractivity contribution is -0.122. The Hall–Kier alpha value is -2.47. The molecule has 0 saturated heterocycles. The van der Waals surface area contributed by atoms with Crippen molar-refractivity contribution in [3.8, 4) is 22.6 Å². The summed E-state index contributed by atoms with van der Waals surface area (Å²) in [7, 11) is 1.51. The van der Waals surface area contributed by atoms with Gasteiger partial charge in [0.05, 0.1) is 5.02 Å². The molecule has 0 aliphatic heterocycles. The van der Waals surface area contributed by atoms with Crippen molar-refractivity contribution in [3.63, 3.8) is 0 Å². The molecule has 0 bridgehead atoms. The molecule has 3 aromatic carbocycles. The highest BCUT2D eigenvalue weighted by atomic mass is 35.5. The number of hydrogen-bond donors (Lipinski definition) is 2. The lowest BCUT2D eigenvalue weighted by Gasteiger charge is -2.13. The van der Waals surface area contributed by atoms with Gasteiger partial charge in [-0.25, -0.2) is 4.39 Å². The number of carbonyl (C=O) groups excluding carboxylic acids is 1. The zero-order valence-electron chi connectivity index (χ0n) is 15.8. The second-order valence-corrected chi connectivity index (χ2v) is 7.71. The lowest BCUT2D eigenvalue weighted by Crippen LogP contribution is -2.24. The van der Waals surface area contributed by atoms with Gasteiger partial charge in [0.15, 0.2) is 6.61 Å². The second kappa shape index (κ2) is 9.56. The van der Waals surface area contributed by atoms with E-state index in [-0.39, 0.29) is 23.3 Å². The number of likely N-dealkylation sites (N-methyl/N-ethyl adjacent to an activating group) is 1. The first kappa shape index (κ1) is 22.2. The summed E-state index contributed by atoms with van der Waals surface area (Å²) in [6.07, 6.45) is 0.385. The number of rotatable bonds is 6. The largest absolute Gasteiger partial charge is 0.507 e. The van der Waals surface area contributed by atoms with Crippen LogP contribution in [0.25, 0.3) is 11.1 Å². The Kier molecular flexibility index (Phi) is 7.08. The average Bonchev–Trinajstić information content (AvgIpc) is 2.72. The van der Waals surface area contributed by atoms with E-state index in [0.29, 0.717) is 38.9 Å². The van der Waals surface area contributed by atoms with Crippen molar-refractivity contribution in [3.05, 3.63) is 80.5 Å². The van der Waals surface area contributed by atoms with Gasteiger partial charge >= 0.3 is 0 Å². The third-order valence-electron chi connectivity index (χ3n) is 4.44. The first-order valence-corrected chi connectivity index (χ1v) is 10.0. The molecule has 0 atom stereocenters. The van der Waals surface area contributed by atoms with Crippen molar-refractivity contribution in [1.82, 2.24) is 5.32 Å². The minimum absolute atomic E-state index is 0.0317. The van der Waals surface area contributed by atoms with Gasteiger partial charge in [0.1, 0.15) is 17.3 Å². The van der Waals surface area contributed by atoms with Crippen LogP contribution in [0.15, 0.2) is 48.5 Å². The van der Waals surface area contributed by atoms with E-state index in [9.17, 15) is 14.3 Å². The van der Waals surface area contributed by atoms with Crippen LogP contribution in [0.1, 0.15) is 11.1 Å². The average molecular weight is 469 g/mol. The third kappa shape index (κ3) is 5.17. The number of aromatic hydroxyl groups is 1. The molecule has 30 heavy (non-hydrogen) atoms. The number of amides is 1. The fourth-order valence-corrected chi connectivity index (χ4v) is 3.63. The van der Waals surface area contributed by atoms with E-state index in [1.165, 1.54) is 19.2 Å². The highest BCUT2D eigenvalue weighted by Gasteiger charge is 2.13. The van der Waals surface area contributed by atoms with E-state index < -0.39 is 5.82 Å². The topological polar surface area (TPSA) is 58.6 Å². The van der Waals surface area contributed by atoms with Crippen LogP contribution >= 0.6 is 34.8 Å². The number of benzene rings is 3. The summed E-state index contributed by atoms with van der Waals surface area (Å²) in [5.74, 6) is -0.390. The summed E-state index contributed by atoms with van der Waals surface area (Å²) in [6, 6.07) is 12.5. The molecule has 0 unspecified atom stereocenters. The summed E-state index contributed by atoms with van der Waals surface area (Å²) < 4.78 is 18.8. The number of halogens is 4. The number of phenols is 1.